The molecule has 3 aromatic carbocycles. The lowest BCUT2D eigenvalue weighted by Gasteiger charge is -2.19. The van der Waals surface area contributed by atoms with Gasteiger partial charge in [-0.2, -0.15) is 0 Å². The van der Waals surface area contributed by atoms with Crippen LogP contribution >= 0.6 is 23.2 Å². The van der Waals surface area contributed by atoms with Gasteiger partial charge in [0.2, 0.25) is 5.91 Å². The number of rotatable bonds is 5. The maximum Gasteiger partial charge on any atom is 0.254 e. The SMILES string of the molecule is CC(=O)NC1C(=O)N(CCOc2ccc3ccccc3c2)c2c(Cl)ccc(Cl)c21. The van der Waals surface area contributed by atoms with Crippen LogP contribution in [0.2, 0.25) is 10.0 Å². The van der Waals surface area contributed by atoms with E-state index in [4.69, 9.17) is 27.9 Å². The summed E-state index contributed by atoms with van der Waals surface area (Å²) in [4.78, 5) is 26.1. The Hall–Kier alpha value is -2.76. The third kappa shape index (κ3) is 3.76. The molecule has 148 valence electrons. The molecule has 29 heavy (non-hydrogen) atoms. The molecule has 0 aromatic heterocycles. The summed E-state index contributed by atoms with van der Waals surface area (Å²) >= 11 is 12.7. The van der Waals surface area contributed by atoms with E-state index in [0.29, 0.717) is 27.0 Å². The van der Waals surface area contributed by atoms with Gasteiger partial charge in [0, 0.05) is 17.5 Å². The number of amides is 2. The summed E-state index contributed by atoms with van der Waals surface area (Å²) in [7, 11) is 0. The van der Waals surface area contributed by atoms with Crippen LogP contribution in [0.25, 0.3) is 10.8 Å². The van der Waals surface area contributed by atoms with Crippen LogP contribution in [0, 0.1) is 0 Å². The Morgan fingerprint density at radius 2 is 1.79 bits per heavy atom. The van der Waals surface area contributed by atoms with Gasteiger partial charge < -0.3 is 15.0 Å². The Morgan fingerprint density at radius 1 is 1.07 bits per heavy atom. The molecule has 0 radical (unpaired) electrons. The average Bonchev–Trinajstić information content (AvgIpc) is 2.97. The zero-order valence-corrected chi connectivity index (χ0v) is 17.1. The Labute approximate surface area is 178 Å². The number of carbonyl (C=O) groups is 2. The largest absolute Gasteiger partial charge is 0.492 e. The zero-order valence-electron chi connectivity index (χ0n) is 15.6. The van der Waals surface area contributed by atoms with Crippen molar-refractivity contribution in [3.05, 3.63) is 70.2 Å². The standard InChI is InChI=1S/C22H18Cl2N2O3/c1-13(27)25-20-19-17(23)8-9-18(24)21(19)26(22(20)28)10-11-29-16-7-6-14-4-2-3-5-15(14)12-16/h2-9,12,20H,10-11H2,1H3,(H,25,27). The van der Waals surface area contributed by atoms with Crippen LogP contribution in [0.3, 0.4) is 0 Å². The molecule has 1 aliphatic rings. The van der Waals surface area contributed by atoms with Crippen LogP contribution in [-0.4, -0.2) is 25.0 Å². The maximum absolute atomic E-state index is 13.0. The predicted molar refractivity (Wildman–Crippen MR) is 115 cm³/mol. The summed E-state index contributed by atoms with van der Waals surface area (Å²) in [6.07, 6.45) is 0. The molecule has 5 nitrogen and oxygen atoms in total. The van der Waals surface area contributed by atoms with Gasteiger partial charge in [-0.05, 0) is 35.0 Å². The quantitative estimate of drug-likeness (QED) is 0.637. The van der Waals surface area contributed by atoms with E-state index < -0.39 is 6.04 Å². The van der Waals surface area contributed by atoms with Gasteiger partial charge in [0.05, 0.1) is 17.3 Å². The molecule has 0 aliphatic carbocycles. The second-order valence-electron chi connectivity index (χ2n) is 6.77. The number of hydrogen-bond acceptors (Lipinski definition) is 3. The summed E-state index contributed by atoms with van der Waals surface area (Å²) in [6.45, 7) is 1.89. The second-order valence-corrected chi connectivity index (χ2v) is 7.59. The maximum atomic E-state index is 13.0. The van der Waals surface area contributed by atoms with Crippen LogP contribution in [0.1, 0.15) is 18.5 Å². The lowest BCUT2D eigenvalue weighted by atomic mass is 10.1. The summed E-state index contributed by atoms with van der Waals surface area (Å²) in [5.74, 6) is 0.109. The van der Waals surface area contributed by atoms with Crippen LogP contribution in [0.15, 0.2) is 54.6 Å². The van der Waals surface area contributed by atoms with Crippen molar-refractivity contribution < 1.29 is 14.3 Å². The van der Waals surface area contributed by atoms with Gasteiger partial charge in [0.25, 0.3) is 5.91 Å². The first-order chi connectivity index (χ1) is 14.0. The highest BCUT2D eigenvalue weighted by atomic mass is 35.5. The van der Waals surface area contributed by atoms with E-state index in [1.54, 1.807) is 12.1 Å². The number of ether oxygens (including phenoxy) is 1. The summed E-state index contributed by atoms with van der Waals surface area (Å²) in [6, 6.07) is 16.3. The zero-order chi connectivity index (χ0) is 20.5. The predicted octanol–water partition coefficient (Wildman–Crippen LogP) is 4.75. The van der Waals surface area contributed by atoms with E-state index in [0.717, 1.165) is 10.8 Å². The van der Waals surface area contributed by atoms with Crippen molar-refractivity contribution in [2.75, 3.05) is 18.1 Å². The number of hydrogen-bond donors (Lipinski definition) is 1. The topological polar surface area (TPSA) is 58.6 Å². The minimum Gasteiger partial charge on any atom is -0.492 e. The van der Waals surface area contributed by atoms with Crippen molar-refractivity contribution in [3.8, 4) is 5.75 Å². The van der Waals surface area contributed by atoms with Crippen molar-refractivity contribution in [1.29, 1.82) is 0 Å². The second kappa shape index (κ2) is 7.93. The first-order valence-corrected chi connectivity index (χ1v) is 9.89. The van der Waals surface area contributed by atoms with E-state index in [9.17, 15) is 9.59 Å². The van der Waals surface area contributed by atoms with E-state index in [2.05, 4.69) is 5.32 Å². The molecule has 1 atom stereocenters. The number of fused-ring (bicyclic) bond motifs is 2. The first-order valence-electron chi connectivity index (χ1n) is 9.13. The minimum absolute atomic E-state index is 0.263. The molecule has 7 heteroatoms. The van der Waals surface area contributed by atoms with Gasteiger partial charge in [-0.3, -0.25) is 9.59 Å². The molecule has 1 unspecified atom stereocenters. The number of nitrogens with zero attached hydrogens (tertiary/aromatic N) is 1. The van der Waals surface area contributed by atoms with Gasteiger partial charge in [-0.25, -0.2) is 0 Å². The minimum atomic E-state index is -0.852. The molecule has 4 rings (SSSR count). The van der Waals surface area contributed by atoms with Crippen molar-refractivity contribution in [2.45, 2.75) is 13.0 Å². The van der Waals surface area contributed by atoms with E-state index in [-0.39, 0.29) is 25.0 Å². The molecule has 1 N–H and O–H groups in total. The van der Waals surface area contributed by atoms with Crippen molar-refractivity contribution >= 4 is 51.5 Å². The van der Waals surface area contributed by atoms with E-state index >= 15 is 0 Å². The van der Waals surface area contributed by atoms with Crippen molar-refractivity contribution in [2.24, 2.45) is 0 Å². The Balaban J connectivity index is 1.54. The van der Waals surface area contributed by atoms with Gasteiger partial charge in [0.1, 0.15) is 18.4 Å². The third-order valence-electron chi connectivity index (χ3n) is 4.84. The molecule has 0 fully saturated rings. The number of halogens is 2. The molecule has 1 aliphatic heterocycles. The van der Waals surface area contributed by atoms with Crippen molar-refractivity contribution in [3.63, 3.8) is 0 Å². The summed E-state index contributed by atoms with van der Waals surface area (Å²) in [5, 5.41) is 5.65. The fourth-order valence-electron chi connectivity index (χ4n) is 3.57. The third-order valence-corrected chi connectivity index (χ3v) is 5.47. The Morgan fingerprint density at radius 3 is 2.55 bits per heavy atom. The lowest BCUT2D eigenvalue weighted by molar-refractivity contribution is -0.126. The number of anilines is 1. The molecule has 0 saturated carbocycles. The highest BCUT2D eigenvalue weighted by molar-refractivity contribution is 6.38. The van der Waals surface area contributed by atoms with Gasteiger partial charge in [-0.1, -0.05) is 53.5 Å². The number of benzene rings is 3. The molecule has 1 heterocycles. The first kappa shape index (κ1) is 19.6. The average molecular weight is 429 g/mol. The van der Waals surface area contributed by atoms with Gasteiger partial charge in [-0.15, -0.1) is 0 Å². The van der Waals surface area contributed by atoms with E-state index in [1.807, 2.05) is 42.5 Å². The normalized spacial score (nSPS) is 15.5. The molecule has 0 bridgehead atoms. The summed E-state index contributed by atoms with van der Waals surface area (Å²) < 4.78 is 5.87. The Bertz CT molecular complexity index is 1120. The van der Waals surface area contributed by atoms with Crippen LogP contribution in [0.5, 0.6) is 5.75 Å². The lowest BCUT2D eigenvalue weighted by Crippen LogP contribution is -2.38. The van der Waals surface area contributed by atoms with E-state index in [1.165, 1.54) is 11.8 Å². The molecular formula is C22H18Cl2N2O3. The highest BCUT2D eigenvalue weighted by Crippen LogP contribution is 2.44. The van der Waals surface area contributed by atoms with Crippen LogP contribution < -0.4 is 15.0 Å². The molecule has 3 aromatic rings. The van der Waals surface area contributed by atoms with Crippen LogP contribution in [0.4, 0.5) is 5.69 Å². The highest BCUT2D eigenvalue weighted by Gasteiger charge is 2.40. The number of nitrogens with one attached hydrogen (secondary N) is 1. The molecular weight excluding hydrogens is 411 g/mol. The molecule has 0 spiro atoms. The fourth-order valence-corrected chi connectivity index (χ4v) is 4.09. The summed E-state index contributed by atoms with van der Waals surface area (Å²) in [5.41, 5.74) is 1.04. The Kier molecular flexibility index (Phi) is 5.35. The molecule has 2 amide bonds. The van der Waals surface area contributed by atoms with Crippen LogP contribution in [-0.2, 0) is 9.59 Å². The monoisotopic (exact) mass is 428 g/mol. The molecule has 0 saturated heterocycles. The number of carbonyl (C=O) groups excluding carboxylic acids is 2. The van der Waals surface area contributed by atoms with Gasteiger partial charge >= 0.3 is 0 Å². The fraction of sp³-hybridized carbons (Fsp3) is 0.182. The van der Waals surface area contributed by atoms with Gasteiger partial charge in [0.15, 0.2) is 0 Å². The smallest absolute Gasteiger partial charge is 0.254 e. The van der Waals surface area contributed by atoms with Crippen molar-refractivity contribution in [1.82, 2.24) is 5.32 Å².